The van der Waals surface area contributed by atoms with E-state index in [0.29, 0.717) is 24.6 Å². The standard InChI is InChI=1S/C18H21NO5/c1-21-15-4-2-3-5-16(15)22-11-14(20)10-19-9-13-6-7-17-18(8-13)24-12-23-17/h2-8,14,19-20H,9-12H2,1H3/t14-/m0/s1. The molecule has 0 radical (unpaired) electrons. The van der Waals surface area contributed by atoms with E-state index >= 15 is 0 Å². The van der Waals surface area contributed by atoms with E-state index in [1.54, 1.807) is 7.11 Å². The van der Waals surface area contributed by atoms with Crippen LogP contribution in [-0.4, -0.2) is 38.3 Å². The number of ether oxygens (including phenoxy) is 4. The molecule has 1 heterocycles. The monoisotopic (exact) mass is 331 g/mol. The molecule has 0 spiro atoms. The Labute approximate surface area is 140 Å². The third-order valence-corrected chi connectivity index (χ3v) is 3.65. The van der Waals surface area contributed by atoms with Crippen molar-refractivity contribution in [2.75, 3.05) is 27.1 Å². The van der Waals surface area contributed by atoms with Crippen molar-refractivity contribution in [2.45, 2.75) is 12.6 Å². The zero-order valence-corrected chi connectivity index (χ0v) is 13.5. The van der Waals surface area contributed by atoms with E-state index in [1.165, 1.54) is 0 Å². The summed E-state index contributed by atoms with van der Waals surface area (Å²) >= 11 is 0. The Hall–Kier alpha value is -2.44. The summed E-state index contributed by atoms with van der Waals surface area (Å²) in [6.45, 7) is 1.51. The largest absolute Gasteiger partial charge is 0.493 e. The van der Waals surface area contributed by atoms with Crippen LogP contribution in [0.2, 0.25) is 0 Å². The summed E-state index contributed by atoms with van der Waals surface area (Å²) in [6, 6.07) is 13.2. The Kier molecular flexibility index (Phi) is 5.40. The fourth-order valence-electron chi connectivity index (χ4n) is 2.42. The second kappa shape index (κ2) is 7.90. The average molecular weight is 331 g/mol. The lowest BCUT2D eigenvalue weighted by Crippen LogP contribution is -2.31. The molecule has 1 atom stereocenters. The lowest BCUT2D eigenvalue weighted by molar-refractivity contribution is 0.104. The van der Waals surface area contributed by atoms with Crippen LogP contribution in [0.5, 0.6) is 23.0 Å². The molecule has 128 valence electrons. The smallest absolute Gasteiger partial charge is 0.231 e. The van der Waals surface area contributed by atoms with Crippen molar-refractivity contribution in [1.82, 2.24) is 5.32 Å². The molecule has 6 heteroatoms. The number of aliphatic hydroxyl groups excluding tert-OH is 1. The van der Waals surface area contributed by atoms with E-state index in [1.807, 2.05) is 42.5 Å². The Morgan fingerprint density at radius 3 is 2.75 bits per heavy atom. The first kappa shape index (κ1) is 16.4. The predicted molar refractivity (Wildman–Crippen MR) is 88.8 cm³/mol. The molecular weight excluding hydrogens is 310 g/mol. The molecule has 6 nitrogen and oxygen atoms in total. The minimum Gasteiger partial charge on any atom is -0.493 e. The van der Waals surface area contributed by atoms with Gasteiger partial charge in [-0.15, -0.1) is 0 Å². The molecule has 0 aromatic heterocycles. The number of fused-ring (bicyclic) bond motifs is 1. The van der Waals surface area contributed by atoms with Crippen molar-refractivity contribution < 1.29 is 24.1 Å². The highest BCUT2D eigenvalue weighted by molar-refractivity contribution is 5.44. The van der Waals surface area contributed by atoms with E-state index in [0.717, 1.165) is 17.1 Å². The molecule has 0 saturated heterocycles. The first-order valence-corrected chi connectivity index (χ1v) is 7.79. The molecule has 0 aliphatic carbocycles. The highest BCUT2D eigenvalue weighted by Crippen LogP contribution is 2.32. The molecule has 3 rings (SSSR count). The minimum atomic E-state index is -0.621. The first-order chi connectivity index (χ1) is 11.8. The van der Waals surface area contributed by atoms with Gasteiger partial charge in [-0.2, -0.15) is 0 Å². The summed E-state index contributed by atoms with van der Waals surface area (Å²) in [5.74, 6) is 2.80. The zero-order chi connectivity index (χ0) is 16.8. The topological polar surface area (TPSA) is 69.2 Å². The van der Waals surface area contributed by atoms with Crippen LogP contribution in [0.1, 0.15) is 5.56 Å². The molecule has 0 amide bonds. The SMILES string of the molecule is COc1ccccc1OC[C@@H](O)CNCc1ccc2c(c1)OCO2. The Morgan fingerprint density at radius 1 is 1.12 bits per heavy atom. The predicted octanol–water partition coefficient (Wildman–Crippen LogP) is 1.95. The van der Waals surface area contributed by atoms with Crippen LogP contribution in [0.3, 0.4) is 0 Å². The molecule has 2 aromatic rings. The van der Waals surface area contributed by atoms with Gasteiger partial charge in [0.2, 0.25) is 6.79 Å². The van der Waals surface area contributed by atoms with Gasteiger partial charge in [-0.25, -0.2) is 0 Å². The van der Waals surface area contributed by atoms with Crippen LogP contribution in [0.25, 0.3) is 0 Å². The maximum absolute atomic E-state index is 10.0. The lowest BCUT2D eigenvalue weighted by Gasteiger charge is -2.15. The van der Waals surface area contributed by atoms with Gasteiger partial charge in [-0.05, 0) is 29.8 Å². The van der Waals surface area contributed by atoms with E-state index in [4.69, 9.17) is 18.9 Å². The van der Waals surface area contributed by atoms with Gasteiger partial charge in [0.15, 0.2) is 23.0 Å². The number of hydrogen-bond acceptors (Lipinski definition) is 6. The van der Waals surface area contributed by atoms with Crippen molar-refractivity contribution in [3.05, 3.63) is 48.0 Å². The molecular formula is C18H21NO5. The molecule has 2 N–H and O–H groups in total. The summed E-state index contributed by atoms with van der Waals surface area (Å²) < 4.78 is 21.4. The second-order valence-corrected chi connectivity index (χ2v) is 5.43. The summed E-state index contributed by atoms with van der Waals surface area (Å²) in [5.41, 5.74) is 1.07. The molecule has 0 unspecified atom stereocenters. The number of nitrogens with one attached hydrogen (secondary N) is 1. The number of rotatable bonds is 8. The molecule has 2 aromatic carbocycles. The molecule has 0 saturated carbocycles. The summed E-state index contributed by atoms with van der Waals surface area (Å²) in [6.07, 6.45) is -0.621. The number of methoxy groups -OCH3 is 1. The van der Waals surface area contributed by atoms with Gasteiger partial charge in [0, 0.05) is 13.1 Å². The summed E-state index contributed by atoms with van der Waals surface area (Å²) in [7, 11) is 1.59. The van der Waals surface area contributed by atoms with E-state index in [-0.39, 0.29) is 13.4 Å². The minimum absolute atomic E-state index is 0.189. The van der Waals surface area contributed by atoms with Gasteiger partial charge in [0.1, 0.15) is 12.7 Å². The normalized spacial score (nSPS) is 13.6. The van der Waals surface area contributed by atoms with Crippen LogP contribution in [0.4, 0.5) is 0 Å². The van der Waals surface area contributed by atoms with E-state index < -0.39 is 6.10 Å². The fourth-order valence-corrected chi connectivity index (χ4v) is 2.42. The molecule has 1 aliphatic heterocycles. The maximum Gasteiger partial charge on any atom is 0.231 e. The second-order valence-electron chi connectivity index (χ2n) is 5.43. The fraction of sp³-hybridized carbons (Fsp3) is 0.333. The Bertz CT molecular complexity index is 676. The van der Waals surface area contributed by atoms with Gasteiger partial charge in [0.05, 0.1) is 7.11 Å². The van der Waals surface area contributed by atoms with Crippen LogP contribution >= 0.6 is 0 Å². The van der Waals surface area contributed by atoms with Gasteiger partial charge in [-0.1, -0.05) is 18.2 Å². The third kappa shape index (κ3) is 4.10. The highest BCUT2D eigenvalue weighted by atomic mass is 16.7. The van der Waals surface area contributed by atoms with Gasteiger partial charge in [-0.3, -0.25) is 0 Å². The van der Waals surface area contributed by atoms with Crippen LogP contribution in [-0.2, 0) is 6.54 Å². The Balaban J connectivity index is 1.42. The average Bonchev–Trinajstić information content (AvgIpc) is 3.08. The van der Waals surface area contributed by atoms with Crippen LogP contribution < -0.4 is 24.3 Å². The van der Waals surface area contributed by atoms with Crippen LogP contribution in [0, 0.1) is 0 Å². The van der Waals surface area contributed by atoms with Crippen molar-refractivity contribution in [3.63, 3.8) is 0 Å². The van der Waals surface area contributed by atoms with E-state index in [9.17, 15) is 5.11 Å². The van der Waals surface area contributed by atoms with Crippen molar-refractivity contribution in [3.8, 4) is 23.0 Å². The number of aliphatic hydroxyl groups is 1. The molecule has 1 aliphatic rings. The van der Waals surface area contributed by atoms with Crippen molar-refractivity contribution in [2.24, 2.45) is 0 Å². The van der Waals surface area contributed by atoms with Crippen molar-refractivity contribution >= 4 is 0 Å². The van der Waals surface area contributed by atoms with E-state index in [2.05, 4.69) is 5.32 Å². The molecule has 24 heavy (non-hydrogen) atoms. The lowest BCUT2D eigenvalue weighted by atomic mass is 10.2. The number of hydrogen-bond donors (Lipinski definition) is 2. The number of para-hydroxylation sites is 2. The van der Waals surface area contributed by atoms with Gasteiger partial charge < -0.3 is 29.4 Å². The number of benzene rings is 2. The molecule has 0 bridgehead atoms. The van der Waals surface area contributed by atoms with Gasteiger partial charge >= 0.3 is 0 Å². The summed E-state index contributed by atoms with van der Waals surface area (Å²) in [5, 5.41) is 13.2. The third-order valence-electron chi connectivity index (χ3n) is 3.65. The molecule has 0 fully saturated rings. The van der Waals surface area contributed by atoms with Crippen LogP contribution in [0.15, 0.2) is 42.5 Å². The Morgan fingerprint density at radius 2 is 1.92 bits per heavy atom. The van der Waals surface area contributed by atoms with Gasteiger partial charge in [0.25, 0.3) is 0 Å². The maximum atomic E-state index is 10.0. The summed E-state index contributed by atoms with van der Waals surface area (Å²) in [4.78, 5) is 0. The van der Waals surface area contributed by atoms with Crippen molar-refractivity contribution in [1.29, 1.82) is 0 Å². The zero-order valence-electron chi connectivity index (χ0n) is 13.5. The quantitative estimate of drug-likeness (QED) is 0.771. The first-order valence-electron chi connectivity index (χ1n) is 7.79. The highest BCUT2D eigenvalue weighted by Gasteiger charge is 2.13.